The highest BCUT2D eigenvalue weighted by Gasteiger charge is 2.16. The molecule has 0 amide bonds. The number of phenols is 1. The summed E-state index contributed by atoms with van der Waals surface area (Å²) >= 11 is 0. The van der Waals surface area contributed by atoms with Crippen LogP contribution in [0.4, 0.5) is 0 Å². The molecular formula is C18H21NO3. The highest BCUT2D eigenvalue weighted by atomic mass is 16.5. The van der Waals surface area contributed by atoms with E-state index in [9.17, 15) is 9.90 Å². The summed E-state index contributed by atoms with van der Waals surface area (Å²) in [5.41, 5.74) is 1.97. The zero-order valence-electron chi connectivity index (χ0n) is 13.2. The Kier molecular flexibility index (Phi) is 5.17. The van der Waals surface area contributed by atoms with Gasteiger partial charge in [-0.25, -0.2) is 0 Å². The van der Waals surface area contributed by atoms with Crippen molar-refractivity contribution in [2.45, 2.75) is 13.5 Å². The summed E-state index contributed by atoms with van der Waals surface area (Å²) < 4.78 is 5.74. The second-order valence-corrected chi connectivity index (χ2v) is 5.52. The molecule has 0 spiro atoms. The van der Waals surface area contributed by atoms with Crippen LogP contribution in [0.15, 0.2) is 42.5 Å². The lowest BCUT2D eigenvalue weighted by Gasteiger charge is -2.14. The first-order chi connectivity index (χ1) is 10.5. The molecule has 0 atom stereocenters. The van der Waals surface area contributed by atoms with Gasteiger partial charge in [-0.3, -0.25) is 4.79 Å². The second kappa shape index (κ2) is 7.09. The Labute approximate surface area is 131 Å². The largest absolute Gasteiger partial charge is 0.507 e. The molecule has 0 aliphatic heterocycles. The van der Waals surface area contributed by atoms with Crippen LogP contribution in [0, 0.1) is 6.92 Å². The zero-order chi connectivity index (χ0) is 16.1. The highest BCUT2D eigenvalue weighted by Crippen LogP contribution is 2.31. The fraction of sp³-hybridized carbons (Fsp3) is 0.278. The molecule has 0 saturated carbocycles. The number of ketones is 1. The molecule has 22 heavy (non-hydrogen) atoms. The number of likely N-dealkylation sites (N-methyl/N-ethyl adjacent to an activating group) is 1. The van der Waals surface area contributed by atoms with E-state index in [1.807, 2.05) is 44.4 Å². The van der Waals surface area contributed by atoms with Crippen LogP contribution in [-0.4, -0.2) is 36.4 Å². The van der Waals surface area contributed by atoms with Crippen LogP contribution < -0.4 is 4.74 Å². The molecular weight excluding hydrogens is 278 g/mol. The van der Waals surface area contributed by atoms with Crippen LogP contribution in [-0.2, 0) is 6.61 Å². The fourth-order valence-electron chi connectivity index (χ4n) is 2.17. The third-order valence-corrected chi connectivity index (χ3v) is 3.38. The minimum Gasteiger partial charge on any atom is -0.507 e. The van der Waals surface area contributed by atoms with E-state index in [-0.39, 0.29) is 18.1 Å². The van der Waals surface area contributed by atoms with E-state index < -0.39 is 0 Å². The number of ether oxygens (including phenoxy) is 1. The molecule has 0 unspecified atom stereocenters. The van der Waals surface area contributed by atoms with E-state index in [0.29, 0.717) is 23.5 Å². The molecule has 0 heterocycles. The smallest absolute Gasteiger partial charge is 0.180 e. The van der Waals surface area contributed by atoms with Gasteiger partial charge in [0.15, 0.2) is 5.78 Å². The van der Waals surface area contributed by atoms with Gasteiger partial charge in [-0.05, 0) is 38.7 Å². The van der Waals surface area contributed by atoms with Gasteiger partial charge in [0.1, 0.15) is 18.1 Å². The summed E-state index contributed by atoms with van der Waals surface area (Å²) in [5.74, 6) is 0.473. The predicted octanol–water partition coefficient (Wildman–Crippen LogP) is 3.02. The first-order valence-corrected chi connectivity index (χ1v) is 7.16. The minimum atomic E-state index is -0.111. The van der Waals surface area contributed by atoms with Gasteiger partial charge in [0.25, 0.3) is 0 Å². The van der Waals surface area contributed by atoms with Gasteiger partial charge in [0.2, 0.25) is 0 Å². The van der Waals surface area contributed by atoms with E-state index in [0.717, 1.165) is 5.56 Å². The number of benzene rings is 2. The van der Waals surface area contributed by atoms with E-state index >= 15 is 0 Å². The average molecular weight is 299 g/mol. The van der Waals surface area contributed by atoms with Gasteiger partial charge in [-0.2, -0.15) is 0 Å². The van der Waals surface area contributed by atoms with Crippen LogP contribution >= 0.6 is 0 Å². The normalized spacial score (nSPS) is 10.7. The molecule has 4 heteroatoms. The van der Waals surface area contributed by atoms with E-state index in [1.54, 1.807) is 24.0 Å². The number of carbonyl (C=O) groups excluding carboxylic acids is 1. The van der Waals surface area contributed by atoms with Gasteiger partial charge in [0.05, 0.1) is 12.1 Å². The predicted molar refractivity (Wildman–Crippen MR) is 86.5 cm³/mol. The lowest BCUT2D eigenvalue weighted by Crippen LogP contribution is -2.21. The van der Waals surface area contributed by atoms with Gasteiger partial charge >= 0.3 is 0 Å². The Morgan fingerprint density at radius 1 is 1.14 bits per heavy atom. The van der Waals surface area contributed by atoms with Crippen molar-refractivity contribution in [3.63, 3.8) is 0 Å². The summed E-state index contributed by atoms with van der Waals surface area (Å²) in [6, 6.07) is 13.2. The molecule has 0 aliphatic rings. The quantitative estimate of drug-likeness (QED) is 0.833. The van der Waals surface area contributed by atoms with Crippen LogP contribution in [0.5, 0.6) is 11.5 Å². The van der Waals surface area contributed by atoms with E-state index in [2.05, 4.69) is 0 Å². The fourth-order valence-corrected chi connectivity index (χ4v) is 2.17. The lowest BCUT2D eigenvalue weighted by molar-refractivity contribution is 0.0955. The van der Waals surface area contributed by atoms with Crippen LogP contribution in [0.1, 0.15) is 21.5 Å². The van der Waals surface area contributed by atoms with Crippen molar-refractivity contribution in [1.82, 2.24) is 4.90 Å². The second-order valence-electron chi connectivity index (χ2n) is 5.52. The Morgan fingerprint density at radius 2 is 1.82 bits per heavy atom. The molecule has 1 N–H and O–H groups in total. The van der Waals surface area contributed by atoms with Gasteiger partial charge in [-0.15, -0.1) is 0 Å². The number of aromatic hydroxyl groups is 1. The van der Waals surface area contributed by atoms with Crippen LogP contribution in [0.25, 0.3) is 0 Å². The number of carbonyl (C=O) groups is 1. The van der Waals surface area contributed by atoms with Crippen molar-refractivity contribution in [3.8, 4) is 11.5 Å². The maximum atomic E-state index is 12.1. The monoisotopic (exact) mass is 299 g/mol. The molecule has 2 aromatic carbocycles. The van der Waals surface area contributed by atoms with Gasteiger partial charge in [-0.1, -0.05) is 30.3 Å². The zero-order valence-corrected chi connectivity index (χ0v) is 13.2. The minimum absolute atomic E-state index is 0.00240. The summed E-state index contributed by atoms with van der Waals surface area (Å²) in [6.45, 7) is 2.44. The number of Topliss-reactive ketones (excluding diaryl/α,β-unsaturated/α-hetero) is 1. The molecule has 2 rings (SSSR count). The van der Waals surface area contributed by atoms with Crippen molar-refractivity contribution in [1.29, 1.82) is 0 Å². The molecule has 0 saturated heterocycles. The van der Waals surface area contributed by atoms with Crippen molar-refractivity contribution in [2.24, 2.45) is 0 Å². The van der Waals surface area contributed by atoms with Gasteiger partial charge in [0, 0.05) is 5.56 Å². The molecule has 0 fully saturated rings. The summed E-state index contributed by atoms with van der Waals surface area (Å²) in [6.07, 6.45) is 0. The number of rotatable bonds is 6. The van der Waals surface area contributed by atoms with E-state index in [1.165, 1.54) is 0 Å². The van der Waals surface area contributed by atoms with Crippen LogP contribution in [0.2, 0.25) is 0 Å². The van der Waals surface area contributed by atoms with Crippen molar-refractivity contribution < 1.29 is 14.6 Å². The Morgan fingerprint density at radius 3 is 2.45 bits per heavy atom. The molecule has 116 valence electrons. The van der Waals surface area contributed by atoms with E-state index in [4.69, 9.17) is 4.74 Å². The summed E-state index contributed by atoms with van der Waals surface area (Å²) in [5, 5.41) is 10.2. The average Bonchev–Trinajstić information content (AvgIpc) is 2.49. The summed E-state index contributed by atoms with van der Waals surface area (Å²) in [7, 11) is 3.64. The Hall–Kier alpha value is -2.33. The summed E-state index contributed by atoms with van der Waals surface area (Å²) in [4.78, 5) is 13.9. The van der Waals surface area contributed by atoms with Crippen molar-refractivity contribution >= 4 is 5.78 Å². The number of phenolic OH excluding ortho intramolecular Hbond substituents is 1. The van der Waals surface area contributed by atoms with Crippen molar-refractivity contribution in [2.75, 3.05) is 20.6 Å². The molecule has 0 bridgehead atoms. The Balaban J connectivity index is 2.14. The standard InChI is InChI=1S/C18H21NO3/c1-13-17(22-12-14-7-5-4-6-8-14)10-9-15(18(13)21)16(20)11-19(2)3/h4-10,21H,11-12H2,1-3H3. The number of hydrogen-bond donors (Lipinski definition) is 1. The molecule has 4 nitrogen and oxygen atoms in total. The third kappa shape index (κ3) is 3.86. The SMILES string of the molecule is Cc1c(OCc2ccccc2)ccc(C(=O)CN(C)C)c1O. The maximum absolute atomic E-state index is 12.1. The maximum Gasteiger partial charge on any atom is 0.180 e. The first kappa shape index (κ1) is 16.0. The topological polar surface area (TPSA) is 49.8 Å². The van der Waals surface area contributed by atoms with Crippen molar-refractivity contribution in [3.05, 3.63) is 59.2 Å². The van der Waals surface area contributed by atoms with Gasteiger partial charge < -0.3 is 14.7 Å². The highest BCUT2D eigenvalue weighted by molar-refractivity contribution is 6.00. The molecule has 2 aromatic rings. The lowest BCUT2D eigenvalue weighted by atomic mass is 10.0. The molecule has 0 aliphatic carbocycles. The Bertz CT molecular complexity index is 651. The first-order valence-electron chi connectivity index (χ1n) is 7.16. The van der Waals surface area contributed by atoms with Crippen LogP contribution in [0.3, 0.4) is 0 Å². The molecule has 0 radical (unpaired) electrons. The number of hydrogen-bond acceptors (Lipinski definition) is 4. The number of nitrogens with zero attached hydrogens (tertiary/aromatic N) is 1. The third-order valence-electron chi connectivity index (χ3n) is 3.38. The molecule has 0 aromatic heterocycles.